The third-order valence-electron chi connectivity index (χ3n) is 6.62. The predicted molar refractivity (Wildman–Crippen MR) is 100 cm³/mol. The molecular weight excluding hydrogens is 278 g/mol. The molecule has 2 aliphatic rings. The summed E-state index contributed by atoms with van der Waals surface area (Å²) in [6.07, 6.45) is 7.14. The quantitative estimate of drug-likeness (QED) is 0.778. The van der Waals surface area contributed by atoms with Gasteiger partial charge < -0.3 is 5.32 Å². The van der Waals surface area contributed by atoms with Crippen LogP contribution in [0.5, 0.6) is 0 Å². The van der Waals surface area contributed by atoms with Crippen molar-refractivity contribution in [2.75, 3.05) is 7.05 Å². The highest BCUT2D eigenvalue weighted by Gasteiger charge is 2.61. The number of hydrogen-bond acceptors (Lipinski definition) is 1. The van der Waals surface area contributed by atoms with Crippen molar-refractivity contribution in [2.45, 2.75) is 40.5 Å². The standard InChI is InChI=1S/C22H29N/c1-15-9-7-8-10-17(15)16(2)13-18-19-11-12-22(5,21(19,3)4)20(18)14-23-6/h7-10,13-14,19,23H,2,11-12H2,1,3-6H3/b18-13-,20-14+. The second kappa shape index (κ2) is 5.40. The van der Waals surface area contributed by atoms with Crippen molar-refractivity contribution < 1.29 is 0 Å². The van der Waals surface area contributed by atoms with Gasteiger partial charge in [-0.15, -0.1) is 0 Å². The lowest BCUT2D eigenvalue weighted by Gasteiger charge is -2.35. The van der Waals surface area contributed by atoms with Gasteiger partial charge in [0, 0.05) is 13.2 Å². The normalized spacial score (nSPS) is 31.8. The summed E-state index contributed by atoms with van der Waals surface area (Å²) in [6.45, 7) is 13.8. The van der Waals surface area contributed by atoms with Crippen molar-refractivity contribution in [1.82, 2.24) is 5.32 Å². The summed E-state index contributed by atoms with van der Waals surface area (Å²) in [7, 11) is 2.00. The van der Waals surface area contributed by atoms with Crippen LogP contribution in [-0.2, 0) is 0 Å². The first-order chi connectivity index (χ1) is 10.8. The molecule has 1 aromatic carbocycles. The summed E-state index contributed by atoms with van der Waals surface area (Å²) in [6, 6.07) is 8.53. The van der Waals surface area contributed by atoms with Gasteiger partial charge in [0.2, 0.25) is 0 Å². The lowest BCUT2D eigenvalue weighted by Crippen LogP contribution is -2.28. The van der Waals surface area contributed by atoms with Crippen LogP contribution < -0.4 is 5.32 Å². The summed E-state index contributed by atoms with van der Waals surface area (Å²) >= 11 is 0. The van der Waals surface area contributed by atoms with E-state index in [2.05, 4.69) is 76.1 Å². The number of fused-ring (bicyclic) bond motifs is 2. The Morgan fingerprint density at radius 3 is 2.61 bits per heavy atom. The van der Waals surface area contributed by atoms with Gasteiger partial charge in [0.25, 0.3) is 0 Å². The van der Waals surface area contributed by atoms with Crippen molar-refractivity contribution in [3.05, 3.63) is 65.4 Å². The van der Waals surface area contributed by atoms with E-state index < -0.39 is 0 Å². The van der Waals surface area contributed by atoms with E-state index in [1.807, 2.05) is 7.05 Å². The van der Waals surface area contributed by atoms with E-state index in [-0.39, 0.29) is 5.41 Å². The topological polar surface area (TPSA) is 12.0 Å². The first-order valence-corrected chi connectivity index (χ1v) is 8.67. The van der Waals surface area contributed by atoms with Gasteiger partial charge in [0.15, 0.2) is 0 Å². The van der Waals surface area contributed by atoms with Crippen molar-refractivity contribution >= 4 is 5.57 Å². The molecule has 2 bridgehead atoms. The van der Waals surface area contributed by atoms with E-state index in [0.717, 1.165) is 5.57 Å². The van der Waals surface area contributed by atoms with E-state index in [9.17, 15) is 0 Å². The number of allylic oxidation sites excluding steroid dienone is 4. The van der Waals surface area contributed by atoms with Crippen LogP contribution >= 0.6 is 0 Å². The average Bonchev–Trinajstić information content (AvgIpc) is 2.81. The molecule has 23 heavy (non-hydrogen) atoms. The Morgan fingerprint density at radius 2 is 1.96 bits per heavy atom. The average molecular weight is 307 g/mol. The van der Waals surface area contributed by atoms with E-state index in [4.69, 9.17) is 0 Å². The van der Waals surface area contributed by atoms with Crippen molar-refractivity contribution in [3.8, 4) is 0 Å². The van der Waals surface area contributed by atoms with Crippen molar-refractivity contribution in [2.24, 2.45) is 16.7 Å². The fraction of sp³-hybridized carbons (Fsp3) is 0.455. The summed E-state index contributed by atoms with van der Waals surface area (Å²) in [5.74, 6) is 0.632. The van der Waals surface area contributed by atoms with Gasteiger partial charge >= 0.3 is 0 Å². The molecule has 1 N–H and O–H groups in total. The first kappa shape index (κ1) is 16.1. The summed E-state index contributed by atoms with van der Waals surface area (Å²) in [4.78, 5) is 0. The van der Waals surface area contributed by atoms with Gasteiger partial charge in [-0.3, -0.25) is 0 Å². The molecule has 1 aromatic rings. The highest BCUT2D eigenvalue weighted by atomic mass is 14.8. The van der Waals surface area contributed by atoms with Crippen LogP contribution in [0.4, 0.5) is 0 Å². The zero-order chi connectivity index (χ0) is 16.8. The number of nitrogens with one attached hydrogen (secondary N) is 1. The zero-order valence-electron chi connectivity index (χ0n) is 15.2. The van der Waals surface area contributed by atoms with Crippen LogP contribution in [0, 0.1) is 23.7 Å². The Kier molecular flexibility index (Phi) is 3.78. The lowest BCUT2D eigenvalue weighted by atomic mass is 9.69. The molecule has 122 valence electrons. The summed E-state index contributed by atoms with van der Waals surface area (Å²) in [5, 5.41) is 3.28. The van der Waals surface area contributed by atoms with E-state index >= 15 is 0 Å². The molecule has 2 unspecified atom stereocenters. The summed E-state index contributed by atoms with van der Waals surface area (Å²) < 4.78 is 0. The maximum atomic E-state index is 4.37. The monoisotopic (exact) mass is 307 g/mol. The minimum Gasteiger partial charge on any atom is -0.394 e. The highest BCUT2D eigenvalue weighted by Crippen LogP contribution is 2.70. The fourth-order valence-electron chi connectivity index (χ4n) is 4.80. The Morgan fingerprint density at radius 1 is 1.26 bits per heavy atom. The molecule has 0 saturated heterocycles. The van der Waals surface area contributed by atoms with Crippen LogP contribution in [0.3, 0.4) is 0 Å². The second-order valence-electron chi connectivity index (χ2n) is 7.93. The highest BCUT2D eigenvalue weighted by molar-refractivity contribution is 5.76. The molecule has 0 heterocycles. The molecule has 3 rings (SSSR count). The molecule has 0 amide bonds. The molecule has 0 aromatic heterocycles. The molecule has 2 fully saturated rings. The Bertz CT molecular complexity index is 704. The van der Waals surface area contributed by atoms with Gasteiger partial charge in [0.1, 0.15) is 0 Å². The third kappa shape index (κ3) is 2.21. The number of rotatable bonds is 3. The maximum Gasteiger partial charge on any atom is 0.00278 e. The maximum absolute atomic E-state index is 4.37. The predicted octanol–water partition coefficient (Wildman–Crippen LogP) is 5.49. The first-order valence-electron chi connectivity index (χ1n) is 8.67. The Balaban J connectivity index is 2.07. The van der Waals surface area contributed by atoms with E-state index in [1.165, 1.54) is 35.1 Å². The van der Waals surface area contributed by atoms with Crippen LogP contribution in [-0.4, -0.2) is 7.05 Å². The number of benzene rings is 1. The number of aryl methyl sites for hydroxylation is 1. The van der Waals surface area contributed by atoms with Crippen LogP contribution in [0.15, 0.2) is 54.3 Å². The minimum atomic E-state index is 0.262. The van der Waals surface area contributed by atoms with Gasteiger partial charge in [-0.05, 0) is 64.4 Å². The molecule has 1 heteroatoms. The third-order valence-corrected chi connectivity index (χ3v) is 6.62. The van der Waals surface area contributed by atoms with Crippen molar-refractivity contribution in [1.29, 1.82) is 0 Å². The smallest absolute Gasteiger partial charge is 0.00278 e. The van der Waals surface area contributed by atoms with Crippen LogP contribution in [0.2, 0.25) is 0 Å². The minimum absolute atomic E-state index is 0.262. The zero-order valence-corrected chi connectivity index (χ0v) is 15.2. The molecule has 2 saturated carbocycles. The van der Waals surface area contributed by atoms with E-state index in [0.29, 0.717) is 11.3 Å². The molecule has 1 nitrogen and oxygen atoms in total. The van der Waals surface area contributed by atoms with Crippen LogP contribution in [0.1, 0.15) is 44.7 Å². The molecule has 0 aliphatic heterocycles. The van der Waals surface area contributed by atoms with Crippen molar-refractivity contribution in [3.63, 3.8) is 0 Å². The molecule has 2 atom stereocenters. The van der Waals surface area contributed by atoms with Crippen LogP contribution in [0.25, 0.3) is 5.57 Å². The molecular formula is C22H29N. The lowest BCUT2D eigenvalue weighted by molar-refractivity contribution is 0.182. The number of hydrogen-bond donors (Lipinski definition) is 1. The summed E-state index contributed by atoms with van der Waals surface area (Å²) in [5.41, 5.74) is 7.23. The molecule has 2 aliphatic carbocycles. The van der Waals surface area contributed by atoms with E-state index in [1.54, 1.807) is 0 Å². The second-order valence-corrected chi connectivity index (χ2v) is 7.93. The van der Waals surface area contributed by atoms with Gasteiger partial charge in [-0.25, -0.2) is 0 Å². The Labute approximate surface area is 141 Å². The van der Waals surface area contributed by atoms with Gasteiger partial charge in [-0.1, -0.05) is 57.7 Å². The SMILES string of the molecule is C=C(/C=C1\C(=C/NC)C2(C)CCC1C2(C)C)c1ccccc1C. The largest absolute Gasteiger partial charge is 0.394 e. The van der Waals surface area contributed by atoms with Gasteiger partial charge in [0.05, 0.1) is 0 Å². The molecule has 0 spiro atoms. The molecule has 0 radical (unpaired) electrons. The fourth-order valence-corrected chi connectivity index (χ4v) is 4.80. The Hall–Kier alpha value is -1.76. The van der Waals surface area contributed by atoms with Gasteiger partial charge in [-0.2, -0.15) is 0 Å².